The van der Waals surface area contributed by atoms with Crippen molar-refractivity contribution in [2.24, 2.45) is 11.8 Å². The molecule has 39 heavy (non-hydrogen) atoms. The van der Waals surface area contributed by atoms with Crippen LogP contribution in [0.1, 0.15) is 62.1 Å². The number of amides is 3. The fraction of sp³-hybridized carbons (Fsp3) is 0.483. The number of aromatic nitrogens is 1. The van der Waals surface area contributed by atoms with Crippen molar-refractivity contribution < 1.29 is 28.4 Å². The Balaban J connectivity index is 1.41. The minimum atomic E-state index is -1.35. The number of ether oxygens (including phenoxy) is 1. The van der Waals surface area contributed by atoms with Crippen LogP contribution in [0.4, 0.5) is 11.5 Å². The molecule has 4 aliphatic rings. The first-order chi connectivity index (χ1) is 18.6. The van der Waals surface area contributed by atoms with Gasteiger partial charge in [0.05, 0.1) is 17.4 Å². The lowest BCUT2D eigenvalue weighted by Gasteiger charge is -2.34. The zero-order valence-corrected chi connectivity index (χ0v) is 22.2. The van der Waals surface area contributed by atoms with Gasteiger partial charge in [0.1, 0.15) is 17.4 Å². The molecule has 3 fully saturated rings. The fourth-order valence-corrected chi connectivity index (χ4v) is 6.84. The molecule has 10 nitrogen and oxygen atoms in total. The smallest absolute Gasteiger partial charge is 0.246 e. The van der Waals surface area contributed by atoms with E-state index in [-0.39, 0.29) is 23.6 Å². The fourth-order valence-electron chi connectivity index (χ4n) is 6.84. The van der Waals surface area contributed by atoms with Crippen LogP contribution in [0.25, 0.3) is 0 Å². The standard InChI is InChI=1S/C29H32N4O6/c1-16-14-21(32-38-16)31-25(35)22-23-27(37)33(20-11-7-8-18(15-20)17(2)34)24(29(23)13-12-28(22,3)39-29)26(36)30-19-9-5-4-6-10-19/h7-8,11-15,19,22-24H,4-6,9-10H2,1-3H3,(H,30,36)(H,31,32,35)/t22-,23+,24-,28+,29-/m1/s1. The quantitative estimate of drug-likeness (QED) is 0.431. The van der Waals surface area contributed by atoms with Gasteiger partial charge >= 0.3 is 0 Å². The molecule has 1 aromatic carbocycles. The minimum Gasteiger partial charge on any atom is -0.360 e. The zero-order chi connectivity index (χ0) is 27.5. The Bertz CT molecular complexity index is 1390. The first kappa shape index (κ1) is 25.5. The van der Waals surface area contributed by atoms with E-state index in [9.17, 15) is 19.2 Å². The highest BCUT2D eigenvalue weighted by atomic mass is 16.5. The zero-order valence-electron chi connectivity index (χ0n) is 22.2. The predicted octanol–water partition coefficient (Wildman–Crippen LogP) is 3.32. The molecule has 5 atom stereocenters. The average Bonchev–Trinajstić information content (AvgIpc) is 3.61. The second-order valence-electron chi connectivity index (χ2n) is 11.3. The number of nitrogens with one attached hydrogen (secondary N) is 2. The van der Waals surface area contributed by atoms with Crippen molar-refractivity contribution >= 4 is 35.0 Å². The maximum atomic E-state index is 14.3. The second kappa shape index (κ2) is 9.15. The Labute approximate surface area is 226 Å². The molecule has 0 radical (unpaired) electrons. The van der Waals surface area contributed by atoms with E-state index in [2.05, 4.69) is 15.8 Å². The van der Waals surface area contributed by atoms with Crippen LogP contribution in [0, 0.1) is 18.8 Å². The number of anilines is 2. The van der Waals surface area contributed by atoms with Gasteiger partial charge in [-0.3, -0.25) is 24.1 Å². The van der Waals surface area contributed by atoms with Crippen LogP contribution >= 0.6 is 0 Å². The van der Waals surface area contributed by atoms with Crippen LogP contribution in [0.5, 0.6) is 0 Å². The Morgan fingerprint density at radius 3 is 2.54 bits per heavy atom. The predicted molar refractivity (Wildman–Crippen MR) is 141 cm³/mol. The molecule has 3 aliphatic heterocycles. The lowest BCUT2D eigenvalue weighted by atomic mass is 9.70. The molecular weight excluding hydrogens is 500 g/mol. The number of ketones is 1. The molecule has 0 unspecified atom stereocenters. The first-order valence-corrected chi connectivity index (χ1v) is 13.5. The molecule has 1 saturated carbocycles. The topological polar surface area (TPSA) is 131 Å². The molecule has 10 heteroatoms. The lowest BCUT2D eigenvalue weighted by Crippen LogP contribution is -2.56. The van der Waals surface area contributed by atoms with Gasteiger partial charge in [-0.2, -0.15) is 0 Å². The number of carbonyl (C=O) groups is 4. The Kier molecular flexibility index (Phi) is 5.98. The van der Waals surface area contributed by atoms with Gasteiger partial charge in [0.25, 0.3) is 0 Å². The minimum absolute atomic E-state index is 0.00914. The Morgan fingerprint density at radius 1 is 1.08 bits per heavy atom. The van der Waals surface area contributed by atoms with Crippen molar-refractivity contribution in [2.45, 2.75) is 76.2 Å². The molecule has 204 valence electrons. The molecule has 1 aliphatic carbocycles. The molecule has 2 aromatic rings. The number of fused-ring (bicyclic) bond motifs is 1. The monoisotopic (exact) mass is 532 g/mol. The van der Waals surface area contributed by atoms with Gasteiger partial charge in [-0.1, -0.05) is 48.7 Å². The summed E-state index contributed by atoms with van der Waals surface area (Å²) in [5.74, 6) is -2.43. The number of carbonyl (C=O) groups excluding carboxylic acids is 4. The number of hydrogen-bond acceptors (Lipinski definition) is 7. The van der Waals surface area contributed by atoms with Gasteiger partial charge in [-0.15, -0.1) is 0 Å². The van der Waals surface area contributed by atoms with E-state index in [4.69, 9.17) is 9.26 Å². The van der Waals surface area contributed by atoms with Crippen LogP contribution in [-0.4, -0.2) is 51.9 Å². The number of aryl methyl sites for hydroxylation is 1. The highest BCUT2D eigenvalue weighted by molar-refractivity contribution is 6.12. The van der Waals surface area contributed by atoms with Crippen molar-refractivity contribution in [1.82, 2.24) is 10.5 Å². The van der Waals surface area contributed by atoms with Gasteiger partial charge in [0.2, 0.25) is 17.7 Å². The maximum absolute atomic E-state index is 14.3. The average molecular weight is 533 g/mol. The summed E-state index contributed by atoms with van der Waals surface area (Å²) in [4.78, 5) is 55.6. The van der Waals surface area contributed by atoms with Crippen LogP contribution in [0.3, 0.4) is 0 Å². The molecule has 1 spiro atoms. The van der Waals surface area contributed by atoms with Crippen molar-refractivity contribution in [2.75, 3.05) is 10.2 Å². The third kappa shape index (κ3) is 4.00. The summed E-state index contributed by atoms with van der Waals surface area (Å²) < 4.78 is 11.6. The number of Topliss-reactive ketones (excluding diaryl/α,β-unsaturated/α-hetero) is 1. The van der Waals surface area contributed by atoms with E-state index in [1.807, 2.05) is 0 Å². The third-order valence-electron chi connectivity index (χ3n) is 8.59. The van der Waals surface area contributed by atoms with Gasteiger partial charge in [-0.25, -0.2) is 0 Å². The number of nitrogens with zero attached hydrogens (tertiary/aromatic N) is 2. The molecule has 2 N–H and O–H groups in total. The normalized spacial score (nSPS) is 31.4. The van der Waals surface area contributed by atoms with E-state index in [0.29, 0.717) is 17.0 Å². The summed E-state index contributed by atoms with van der Waals surface area (Å²) in [5, 5.41) is 9.79. The van der Waals surface area contributed by atoms with Crippen molar-refractivity contribution in [3.63, 3.8) is 0 Å². The van der Waals surface area contributed by atoms with Crippen molar-refractivity contribution in [1.29, 1.82) is 0 Å². The van der Waals surface area contributed by atoms with Crippen LogP contribution in [-0.2, 0) is 19.1 Å². The third-order valence-corrected chi connectivity index (χ3v) is 8.59. The molecular formula is C29H32N4O6. The second-order valence-corrected chi connectivity index (χ2v) is 11.3. The molecule has 6 rings (SSSR count). The van der Waals surface area contributed by atoms with Crippen molar-refractivity contribution in [3.8, 4) is 0 Å². The molecule has 2 bridgehead atoms. The van der Waals surface area contributed by atoms with Gasteiger partial charge in [-0.05, 0) is 45.7 Å². The Morgan fingerprint density at radius 2 is 1.85 bits per heavy atom. The largest absolute Gasteiger partial charge is 0.360 e. The summed E-state index contributed by atoms with van der Waals surface area (Å²) in [6.07, 6.45) is 8.51. The van der Waals surface area contributed by atoms with E-state index >= 15 is 0 Å². The summed E-state index contributed by atoms with van der Waals surface area (Å²) >= 11 is 0. The van der Waals surface area contributed by atoms with Gasteiger partial charge < -0.3 is 19.9 Å². The summed E-state index contributed by atoms with van der Waals surface area (Å²) in [5.41, 5.74) is -1.61. The summed E-state index contributed by atoms with van der Waals surface area (Å²) in [7, 11) is 0. The van der Waals surface area contributed by atoms with Crippen LogP contribution in [0.15, 0.2) is 47.0 Å². The van der Waals surface area contributed by atoms with E-state index in [0.717, 1.165) is 32.1 Å². The molecule has 2 saturated heterocycles. The van der Waals surface area contributed by atoms with Gasteiger partial charge in [0.15, 0.2) is 11.6 Å². The maximum Gasteiger partial charge on any atom is 0.246 e. The number of benzene rings is 1. The van der Waals surface area contributed by atoms with Crippen molar-refractivity contribution in [3.05, 3.63) is 53.8 Å². The van der Waals surface area contributed by atoms with E-state index < -0.39 is 40.9 Å². The SMILES string of the molecule is CC(=O)c1cccc(N2C(=O)[C@@H]3[C@H](C(=O)Nc4cc(C)on4)[C@]4(C)C=C[C@]3(O4)[C@H]2C(=O)NC2CCCCC2)c1. The van der Waals surface area contributed by atoms with E-state index in [1.54, 1.807) is 56.3 Å². The lowest BCUT2D eigenvalue weighted by molar-refractivity contribution is -0.131. The van der Waals surface area contributed by atoms with Gasteiger partial charge in [0, 0.05) is 23.4 Å². The summed E-state index contributed by atoms with van der Waals surface area (Å²) in [6.45, 7) is 4.93. The molecule has 3 amide bonds. The highest BCUT2D eigenvalue weighted by Gasteiger charge is 2.76. The summed E-state index contributed by atoms with van der Waals surface area (Å²) in [6, 6.07) is 7.23. The molecule has 4 heterocycles. The van der Waals surface area contributed by atoms with Crippen LogP contribution < -0.4 is 15.5 Å². The number of rotatable bonds is 6. The number of hydrogen-bond donors (Lipinski definition) is 2. The van der Waals surface area contributed by atoms with Crippen LogP contribution in [0.2, 0.25) is 0 Å². The van der Waals surface area contributed by atoms with E-state index in [1.165, 1.54) is 11.8 Å². The first-order valence-electron chi connectivity index (χ1n) is 13.5. The highest BCUT2D eigenvalue weighted by Crippen LogP contribution is 2.60. The Hall–Kier alpha value is -3.79. The molecule has 1 aromatic heterocycles.